The van der Waals surface area contributed by atoms with Gasteiger partial charge >= 0.3 is 0 Å². The molecule has 0 saturated carbocycles. The van der Waals surface area contributed by atoms with E-state index in [1.807, 2.05) is 24.3 Å². The number of carbonyl (C=O) groups excluding carboxylic acids is 1. The zero-order valence-corrected chi connectivity index (χ0v) is 10.1. The fraction of sp³-hybridized carbons (Fsp3) is 0.462. The number of nitrogens with two attached hydrogens (primary N) is 1. The maximum Gasteiger partial charge on any atom is 0.249 e. The van der Waals surface area contributed by atoms with Gasteiger partial charge in [0.05, 0.1) is 18.8 Å². The smallest absolute Gasteiger partial charge is 0.249 e. The molecule has 1 fully saturated rings. The SMILES string of the molecule is NC1(C(=O)N2CCOc3ccccc32)CCOC1. The van der Waals surface area contributed by atoms with Crippen molar-refractivity contribution in [2.24, 2.45) is 5.73 Å². The molecule has 1 atom stereocenters. The Morgan fingerprint density at radius 1 is 1.33 bits per heavy atom. The summed E-state index contributed by atoms with van der Waals surface area (Å²) >= 11 is 0. The van der Waals surface area contributed by atoms with Crippen LogP contribution in [0.4, 0.5) is 5.69 Å². The van der Waals surface area contributed by atoms with Crippen molar-refractivity contribution >= 4 is 11.6 Å². The number of hydrogen-bond donors (Lipinski definition) is 1. The molecule has 2 N–H and O–H groups in total. The van der Waals surface area contributed by atoms with Crippen LogP contribution in [0.1, 0.15) is 6.42 Å². The van der Waals surface area contributed by atoms with Crippen LogP contribution in [-0.4, -0.2) is 37.8 Å². The van der Waals surface area contributed by atoms with Crippen LogP contribution in [0.15, 0.2) is 24.3 Å². The molecule has 1 unspecified atom stereocenters. The van der Waals surface area contributed by atoms with Gasteiger partial charge in [-0.2, -0.15) is 0 Å². The molecule has 0 bridgehead atoms. The van der Waals surface area contributed by atoms with Crippen LogP contribution in [0.5, 0.6) is 5.75 Å². The molecular weight excluding hydrogens is 232 g/mol. The predicted molar refractivity (Wildman–Crippen MR) is 66.6 cm³/mol. The molecule has 1 aromatic carbocycles. The molecule has 0 spiro atoms. The Kier molecular flexibility index (Phi) is 2.72. The third-order valence-electron chi connectivity index (χ3n) is 3.45. The average molecular weight is 248 g/mol. The van der Waals surface area contributed by atoms with Crippen molar-refractivity contribution in [2.45, 2.75) is 12.0 Å². The highest BCUT2D eigenvalue weighted by atomic mass is 16.5. The molecule has 1 saturated heterocycles. The van der Waals surface area contributed by atoms with E-state index in [2.05, 4.69) is 0 Å². The maximum absolute atomic E-state index is 12.6. The van der Waals surface area contributed by atoms with Gasteiger partial charge < -0.3 is 20.1 Å². The Bertz CT molecular complexity index is 469. The van der Waals surface area contributed by atoms with Crippen LogP contribution < -0.4 is 15.4 Å². The quantitative estimate of drug-likeness (QED) is 0.787. The van der Waals surface area contributed by atoms with Crippen LogP contribution in [0.25, 0.3) is 0 Å². The number of amides is 1. The van der Waals surface area contributed by atoms with E-state index in [4.69, 9.17) is 15.2 Å². The highest BCUT2D eigenvalue weighted by Gasteiger charge is 2.42. The van der Waals surface area contributed by atoms with Crippen molar-refractivity contribution < 1.29 is 14.3 Å². The first-order valence-electron chi connectivity index (χ1n) is 6.11. The first kappa shape index (κ1) is 11.5. The third kappa shape index (κ3) is 1.76. The molecule has 0 aliphatic carbocycles. The number of fused-ring (bicyclic) bond motifs is 1. The number of anilines is 1. The van der Waals surface area contributed by atoms with Crippen LogP contribution >= 0.6 is 0 Å². The van der Waals surface area contributed by atoms with E-state index in [1.165, 1.54) is 0 Å². The predicted octanol–water partition coefficient (Wildman–Crippen LogP) is 0.530. The largest absolute Gasteiger partial charge is 0.490 e. The Labute approximate surface area is 105 Å². The minimum Gasteiger partial charge on any atom is -0.490 e. The molecule has 0 aromatic heterocycles. The van der Waals surface area contributed by atoms with E-state index in [0.717, 1.165) is 11.4 Å². The lowest BCUT2D eigenvalue weighted by Gasteiger charge is -2.34. The van der Waals surface area contributed by atoms with Gasteiger partial charge in [0, 0.05) is 6.61 Å². The summed E-state index contributed by atoms with van der Waals surface area (Å²) in [6.45, 7) is 1.88. The third-order valence-corrected chi connectivity index (χ3v) is 3.45. The second-order valence-corrected chi connectivity index (χ2v) is 4.73. The fourth-order valence-electron chi connectivity index (χ4n) is 2.40. The average Bonchev–Trinajstić information content (AvgIpc) is 2.85. The number of para-hydroxylation sites is 2. The van der Waals surface area contributed by atoms with Crippen LogP contribution in [0.3, 0.4) is 0 Å². The van der Waals surface area contributed by atoms with Gasteiger partial charge in [0.25, 0.3) is 0 Å². The molecule has 96 valence electrons. The molecule has 1 amide bonds. The van der Waals surface area contributed by atoms with E-state index in [-0.39, 0.29) is 5.91 Å². The number of rotatable bonds is 1. The summed E-state index contributed by atoms with van der Waals surface area (Å²) in [7, 11) is 0. The second kappa shape index (κ2) is 4.26. The highest BCUT2D eigenvalue weighted by molar-refractivity contribution is 6.01. The standard InChI is InChI=1S/C13H16N2O3/c14-13(5-7-17-9-13)12(16)15-6-8-18-11-4-2-1-3-10(11)15/h1-4H,5-9,14H2. The Hall–Kier alpha value is -1.59. The van der Waals surface area contributed by atoms with Crippen molar-refractivity contribution in [3.63, 3.8) is 0 Å². The number of benzene rings is 1. The summed E-state index contributed by atoms with van der Waals surface area (Å²) in [5, 5.41) is 0. The number of carbonyl (C=O) groups is 1. The van der Waals surface area contributed by atoms with Crippen LogP contribution in [0.2, 0.25) is 0 Å². The fourth-order valence-corrected chi connectivity index (χ4v) is 2.40. The van der Waals surface area contributed by atoms with E-state index in [9.17, 15) is 4.79 Å². The highest BCUT2D eigenvalue weighted by Crippen LogP contribution is 2.33. The summed E-state index contributed by atoms with van der Waals surface area (Å²) in [5.74, 6) is 0.662. The van der Waals surface area contributed by atoms with Crippen molar-refractivity contribution in [3.05, 3.63) is 24.3 Å². The molecule has 2 heterocycles. The molecule has 18 heavy (non-hydrogen) atoms. The second-order valence-electron chi connectivity index (χ2n) is 4.73. The van der Waals surface area contributed by atoms with Gasteiger partial charge in [-0.3, -0.25) is 4.79 Å². The molecule has 5 heteroatoms. The first-order valence-corrected chi connectivity index (χ1v) is 6.11. The monoisotopic (exact) mass is 248 g/mol. The lowest BCUT2D eigenvalue weighted by Crippen LogP contribution is -2.57. The Morgan fingerprint density at radius 3 is 2.94 bits per heavy atom. The maximum atomic E-state index is 12.6. The zero-order valence-electron chi connectivity index (χ0n) is 10.1. The normalized spacial score (nSPS) is 26.6. The molecule has 2 aliphatic heterocycles. The molecular formula is C13H16N2O3. The zero-order chi connectivity index (χ0) is 12.6. The number of nitrogens with zero attached hydrogens (tertiary/aromatic N) is 1. The van der Waals surface area contributed by atoms with Gasteiger partial charge in [-0.15, -0.1) is 0 Å². The lowest BCUT2D eigenvalue weighted by molar-refractivity contribution is -0.124. The van der Waals surface area contributed by atoms with E-state index in [1.54, 1.807) is 4.90 Å². The Morgan fingerprint density at radius 2 is 2.17 bits per heavy atom. The molecule has 1 aromatic rings. The summed E-state index contributed by atoms with van der Waals surface area (Å²) in [6.07, 6.45) is 0.575. The van der Waals surface area contributed by atoms with Crippen molar-refractivity contribution in [1.82, 2.24) is 0 Å². The molecule has 2 aliphatic rings. The van der Waals surface area contributed by atoms with E-state index in [0.29, 0.717) is 32.8 Å². The molecule has 0 radical (unpaired) electrons. The van der Waals surface area contributed by atoms with Crippen LogP contribution in [0, 0.1) is 0 Å². The van der Waals surface area contributed by atoms with Gasteiger partial charge in [0.15, 0.2) is 0 Å². The summed E-state index contributed by atoms with van der Waals surface area (Å²) in [4.78, 5) is 14.3. The van der Waals surface area contributed by atoms with Gasteiger partial charge in [0.1, 0.15) is 17.9 Å². The van der Waals surface area contributed by atoms with Gasteiger partial charge in [-0.05, 0) is 18.6 Å². The molecule has 5 nitrogen and oxygen atoms in total. The van der Waals surface area contributed by atoms with Gasteiger partial charge in [0.2, 0.25) is 5.91 Å². The van der Waals surface area contributed by atoms with Crippen LogP contribution in [-0.2, 0) is 9.53 Å². The van der Waals surface area contributed by atoms with E-state index < -0.39 is 5.54 Å². The number of hydrogen-bond acceptors (Lipinski definition) is 4. The van der Waals surface area contributed by atoms with Gasteiger partial charge in [-0.25, -0.2) is 0 Å². The van der Waals surface area contributed by atoms with E-state index >= 15 is 0 Å². The van der Waals surface area contributed by atoms with Gasteiger partial charge in [-0.1, -0.05) is 12.1 Å². The first-order chi connectivity index (χ1) is 8.71. The summed E-state index contributed by atoms with van der Waals surface area (Å²) < 4.78 is 10.8. The summed E-state index contributed by atoms with van der Waals surface area (Å²) in [5.41, 5.74) is 6.05. The lowest BCUT2D eigenvalue weighted by atomic mass is 9.97. The topological polar surface area (TPSA) is 64.8 Å². The van der Waals surface area contributed by atoms with Crippen molar-refractivity contribution in [2.75, 3.05) is 31.3 Å². The minimum absolute atomic E-state index is 0.0734. The Balaban J connectivity index is 1.92. The summed E-state index contributed by atoms with van der Waals surface area (Å²) in [6, 6.07) is 7.53. The number of ether oxygens (including phenoxy) is 2. The van der Waals surface area contributed by atoms with Crippen molar-refractivity contribution in [1.29, 1.82) is 0 Å². The van der Waals surface area contributed by atoms with Crippen molar-refractivity contribution in [3.8, 4) is 5.75 Å². The molecule has 3 rings (SSSR count). The minimum atomic E-state index is -0.884.